The first-order valence-corrected chi connectivity index (χ1v) is 14.4. The number of nitrogens with zero attached hydrogens (tertiary/aromatic N) is 3. The summed E-state index contributed by atoms with van der Waals surface area (Å²) in [4.78, 5) is 27.3. The Balaban J connectivity index is 1.48. The fourth-order valence-corrected chi connectivity index (χ4v) is 6.70. The molecule has 1 atom stereocenters. The molecule has 0 bridgehead atoms. The Hall–Kier alpha value is -2.82. The smallest absolute Gasteiger partial charge is 0.258 e. The molecular weight excluding hydrogens is 520 g/mol. The molecule has 8 nitrogen and oxygen atoms in total. The Morgan fingerprint density at radius 3 is 2.69 bits per heavy atom. The lowest BCUT2D eigenvalue weighted by atomic mass is 10.1. The second kappa shape index (κ2) is 10.7. The van der Waals surface area contributed by atoms with Crippen molar-refractivity contribution in [2.75, 3.05) is 22.5 Å². The summed E-state index contributed by atoms with van der Waals surface area (Å²) in [5.74, 6) is -0.594. The van der Waals surface area contributed by atoms with Gasteiger partial charge in [0.05, 0.1) is 16.2 Å². The number of sulfone groups is 1. The Bertz CT molecular complexity index is 1400. The molecule has 2 amide bonds. The molecule has 0 saturated carbocycles. The van der Waals surface area contributed by atoms with Gasteiger partial charge in [-0.15, -0.1) is 10.2 Å². The summed E-state index contributed by atoms with van der Waals surface area (Å²) in [5, 5.41) is 12.4. The van der Waals surface area contributed by atoms with Crippen molar-refractivity contribution in [1.82, 2.24) is 10.2 Å². The topological polar surface area (TPSA) is 109 Å². The van der Waals surface area contributed by atoms with Crippen LogP contribution in [0.4, 0.5) is 10.8 Å². The number of hydrogen-bond acceptors (Lipinski definition) is 7. The first-order valence-electron chi connectivity index (χ1n) is 11.6. The van der Waals surface area contributed by atoms with Crippen molar-refractivity contribution in [3.05, 3.63) is 63.6 Å². The first-order chi connectivity index (χ1) is 17.0. The van der Waals surface area contributed by atoms with Gasteiger partial charge in [0.15, 0.2) is 9.84 Å². The molecule has 1 aliphatic heterocycles. The lowest BCUT2D eigenvalue weighted by molar-refractivity contribution is -0.117. The highest BCUT2D eigenvalue weighted by atomic mass is 35.5. The number of carbonyl (C=O) groups excluding carboxylic acids is 2. The Labute approximate surface area is 219 Å². The largest absolute Gasteiger partial charge is 0.312 e. The summed E-state index contributed by atoms with van der Waals surface area (Å²) < 4.78 is 25.7. The molecule has 11 heteroatoms. The Kier molecular flexibility index (Phi) is 7.77. The van der Waals surface area contributed by atoms with Crippen molar-refractivity contribution in [1.29, 1.82) is 0 Å². The van der Waals surface area contributed by atoms with E-state index in [1.54, 1.807) is 23.1 Å². The lowest BCUT2D eigenvalue weighted by Crippen LogP contribution is -2.24. The van der Waals surface area contributed by atoms with Gasteiger partial charge in [0.1, 0.15) is 5.01 Å². The quantitative estimate of drug-likeness (QED) is 0.421. The van der Waals surface area contributed by atoms with Crippen LogP contribution in [0.3, 0.4) is 0 Å². The average Bonchev–Trinajstić information content (AvgIpc) is 3.46. The minimum atomic E-state index is -3.62. The Morgan fingerprint density at radius 1 is 1.22 bits per heavy atom. The van der Waals surface area contributed by atoms with Crippen LogP contribution in [0.1, 0.15) is 53.5 Å². The van der Waals surface area contributed by atoms with Crippen molar-refractivity contribution in [2.45, 2.75) is 44.4 Å². The van der Waals surface area contributed by atoms with Crippen molar-refractivity contribution in [2.24, 2.45) is 5.92 Å². The van der Waals surface area contributed by atoms with E-state index in [4.69, 9.17) is 11.6 Å². The van der Waals surface area contributed by atoms with Crippen LogP contribution >= 0.6 is 22.9 Å². The highest BCUT2D eigenvalue weighted by Gasteiger charge is 2.34. The number of halogens is 1. The summed E-state index contributed by atoms with van der Waals surface area (Å²) >= 11 is 7.41. The predicted molar refractivity (Wildman–Crippen MR) is 142 cm³/mol. The zero-order valence-electron chi connectivity index (χ0n) is 20.2. The molecule has 190 valence electrons. The highest BCUT2D eigenvalue weighted by molar-refractivity contribution is 7.91. The van der Waals surface area contributed by atoms with Gasteiger partial charge >= 0.3 is 0 Å². The van der Waals surface area contributed by atoms with Crippen LogP contribution in [-0.4, -0.2) is 42.7 Å². The third-order valence-corrected chi connectivity index (χ3v) is 9.24. The number of hydrogen-bond donors (Lipinski definition) is 1. The van der Waals surface area contributed by atoms with Gasteiger partial charge in [-0.1, -0.05) is 55.0 Å². The molecule has 1 fully saturated rings. The molecule has 1 aliphatic rings. The van der Waals surface area contributed by atoms with Crippen molar-refractivity contribution < 1.29 is 18.0 Å². The molecule has 1 saturated heterocycles. The van der Waals surface area contributed by atoms with Crippen LogP contribution in [0, 0.1) is 12.8 Å². The van der Waals surface area contributed by atoms with Crippen LogP contribution in [0.25, 0.3) is 0 Å². The number of aromatic nitrogens is 2. The van der Waals surface area contributed by atoms with E-state index >= 15 is 0 Å². The van der Waals surface area contributed by atoms with Crippen LogP contribution in [0.2, 0.25) is 5.02 Å². The van der Waals surface area contributed by atoms with Crippen LogP contribution in [0.15, 0.2) is 47.4 Å². The van der Waals surface area contributed by atoms with Gasteiger partial charge in [-0.3, -0.25) is 14.9 Å². The number of benzene rings is 2. The summed E-state index contributed by atoms with van der Waals surface area (Å²) in [6.07, 6.45) is 0.773. The van der Waals surface area contributed by atoms with E-state index in [-0.39, 0.29) is 45.5 Å². The standard InChI is InChI=1S/C25H27ClN4O4S2/c1-15(2)10-11-36(33,34)21-7-5-4-6-19(21)23(32)27-25-29-28-24(35-25)17-12-22(31)30(14-17)18-9-8-16(3)20(26)13-18/h4-9,13,15,17H,10-12,14H2,1-3H3,(H,27,29,32). The third kappa shape index (κ3) is 5.77. The van der Waals surface area contributed by atoms with E-state index in [1.165, 1.54) is 23.5 Å². The molecule has 3 aromatic rings. The van der Waals surface area contributed by atoms with Gasteiger partial charge in [0, 0.05) is 29.6 Å². The fraction of sp³-hybridized carbons (Fsp3) is 0.360. The third-order valence-electron chi connectivity index (χ3n) is 6.03. The SMILES string of the molecule is Cc1ccc(N2CC(c3nnc(NC(=O)c4ccccc4S(=O)(=O)CCC(C)C)s3)CC2=O)cc1Cl. The van der Waals surface area contributed by atoms with Crippen molar-refractivity contribution >= 4 is 55.4 Å². The lowest BCUT2D eigenvalue weighted by Gasteiger charge is -2.17. The highest BCUT2D eigenvalue weighted by Crippen LogP contribution is 2.35. The minimum absolute atomic E-state index is 0.00155. The first kappa shape index (κ1) is 26.2. The number of nitrogens with one attached hydrogen (secondary N) is 1. The second-order valence-corrected chi connectivity index (χ2v) is 12.7. The number of amides is 2. The van der Waals surface area contributed by atoms with E-state index in [2.05, 4.69) is 15.5 Å². The maximum atomic E-state index is 13.0. The van der Waals surface area contributed by atoms with Gasteiger partial charge in [0.25, 0.3) is 5.91 Å². The predicted octanol–water partition coefficient (Wildman–Crippen LogP) is 5.09. The normalized spacial score (nSPS) is 16.1. The van der Waals surface area contributed by atoms with Crippen LogP contribution in [0.5, 0.6) is 0 Å². The molecule has 1 unspecified atom stereocenters. The van der Waals surface area contributed by atoms with Gasteiger partial charge in [-0.2, -0.15) is 0 Å². The fourth-order valence-electron chi connectivity index (χ4n) is 3.91. The van der Waals surface area contributed by atoms with Gasteiger partial charge < -0.3 is 4.90 Å². The summed E-state index contributed by atoms with van der Waals surface area (Å²) in [5.41, 5.74) is 1.73. The second-order valence-electron chi connectivity index (χ2n) is 9.24. The van der Waals surface area contributed by atoms with E-state index in [0.717, 1.165) is 11.3 Å². The summed E-state index contributed by atoms with van der Waals surface area (Å²) in [7, 11) is -3.62. The van der Waals surface area contributed by atoms with E-state index in [0.29, 0.717) is 23.0 Å². The number of aryl methyl sites for hydroxylation is 1. The zero-order chi connectivity index (χ0) is 26.0. The minimum Gasteiger partial charge on any atom is -0.312 e. The molecular formula is C25H27ClN4O4S2. The maximum absolute atomic E-state index is 13.0. The molecule has 4 rings (SSSR count). The molecule has 2 heterocycles. The molecule has 2 aromatic carbocycles. The monoisotopic (exact) mass is 546 g/mol. The van der Waals surface area contributed by atoms with Crippen LogP contribution in [-0.2, 0) is 14.6 Å². The number of anilines is 2. The number of carbonyl (C=O) groups is 2. The molecule has 0 aliphatic carbocycles. The van der Waals surface area contributed by atoms with Crippen molar-refractivity contribution in [3.8, 4) is 0 Å². The maximum Gasteiger partial charge on any atom is 0.258 e. The van der Waals surface area contributed by atoms with Crippen molar-refractivity contribution in [3.63, 3.8) is 0 Å². The molecule has 0 spiro atoms. The van der Waals surface area contributed by atoms with Gasteiger partial charge in [-0.25, -0.2) is 8.42 Å². The van der Waals surface area contributed by atoms with E-state index in [9.17, 15) is 18.0 Å². The molecule has 0 radical (unpaired) electrons. The number of rotatable bonds is 8. The van der Waals surface area contributed by atoms with Gasteiger partial charge in [0.2, 0.25) is 11.0 Å². The average molecular weight is 547 g/mol. The molecule has 36 heavy (non-hydrogen) atoms. The van der Waals surface area contributed by atoms with E-state index < -0.39 is 15.7 Å². The van der Waals surface area contributed by atoms with Crippen LogP contribution < -0.4 is 10.2 Å². The molecule has 1 N–H and O–H groups in total. The zero-order valence-corrected chi connectivity index (χ0v) is 22.6. The summed E-state index contributed by atoms with van der Waals surface area (Å²) in [6.45, 7) is 6.23. The van der Waals surface area contributed by atoms with Gasteiger partial charge in [-0.05, 0) is 49.1 Å². The van der Waals surface area contributed by atoms with E-state index in [1.807, 2.05) is 32.9 Å². The Morgan fingerprint density at radius 2 is 1.97 bits per heavy atom. The summed E-state index contributed by atoms with van der Waals surface area (Å²) in [6, 6.07) is 11.7. The molecule has 1 aromatic heterocycles.